The molecule has 0 aliphatic carbocycles. The Morgan fingerprint density at radius 1 is 1.11 bits per heavy atom. The summed E-state index contributed by atoms with van der Waals surface area (Å²) in [6.07, 6.45) is 0.255. The molecule has 152 valence electrons. The monoisotopic (exact) mass is 398 g/mol. The van der Waals surface area contributed by atoms with E-state index in [1.807, 2.05) is 41.5 Å². The first-order valence-electron chi connectivity index (χ1n) is 8.87. The maximum absolute atomic E-state index is 12.6. The van der Waals surface area contributed by atoms with Gasteiger partial charge < -0.3 is 10.1 Å². The van der Waals surface area contributed by atoms with E-state index in [2.05, 4.69) is 10.0 Å². The van der Waals surface area contributed by atoms with Crippen LogP contribution in [0.15, 0.2) is 29.2 Å². The van der Waals surface area contributed by atoms with Crippen molar-refractivity contribution in [2.75, 3.05) is 6.61 Å². The first kappa shape index (κ1) is 23.1. The van der Waals surface area contributed by atoms with Gasteiger partial charge in [-0.05, 0) is 52.2 Å². The predicted octanol–water partition coefficient (Wildman–Crippen LogP) is 2.15. The summed E-state index contributed by atoms with van der Waals surface area (Å²) in [4.78, 5) is 24.3. The summed E-state index contributed by atoms with van der Waals surface area (Å²) in [5.41, 5.74) is 0.477. The lowest BCUT2D eigenvalue weighted by atomic mass is 10.1. The third kappa shape index (κ3) is 8.53. The van der Waals surface area contributed by atoms with Gasteiger partial charge in [-0.15, -0.1) is 0 Å². The number of nitrogens with one attached hydrogen (secondary N) is 2. The van der Waals surface area contributed by atoms with Crippen molar-refractivity contribution < 1.29 is 22.7 Å². The molecule has 7 nitrogen and oxygen atoms in total. The van der Waals surface area contributed by atoms with Crippen molar-refractivity contribution in [2.24, 2.45) is 5.92 Å². The molecule has 0 bridgehead atoms. The summed E-state index contributed by atoms with van der Waals surface area (Å²) in [7, 11) is -3.89. The normalized spacial score (nSPS) is 13.3. The average Bonchev–Trinajstić information content (AvgIpc) is 2.50. The lowest BCUT2D eigenvalue weighted by molar-refractivity contribution is -0.150. The summed E-state index contributed by atoms with van der Waals surface area (Å²) in [5.74, 6) is -1.17. The molecule has 1 aromatic rings. The average molecular weight is 399 g/mol. The van der Waals surface area contributed by atoms with Crippen molar-refractivity contribution in [2.45, 2.75) is 64.4 Å². The summed E-state index contributed by atoms with van der Waals surface area (Å²) in [6.45, 7) is 10.6. The molecule has 0 saturated heterocycles. The number of rotatable bonds is 8. The van der Waals surface area contributed by atoms with Gasteiger partial charge in [-0.25, -0.2) is 8.42 Å². The Morgan fingerprint density at radius 2 is 1.67 bits per heavy atom. The second-order valence-corrected chi connectivity index (χ2v) is 9.74. The molecule has 0 spiro atoms. The van der Waals surface area contributed by atoms with E-state index in [4.69, 9.17) is 4.74 Å². The highest BCUT2D eigenvalue weighted by atomic mass is 32.2. The van der Waals surface area contributed by atoms with E-state index in [-0.39, 0.29) is 17.2 Å². The van der Waals surface area contributed by atoms with Crippen LogP contribution in [-0.4, -0.2) is 38.5 Å². The molecule has 8 heteroatoms. The number of benzene rings is 1. The third-order valence-electron chi connectivity index (χ3n) is 3.48. The van der Waals surface area contributed by atoms with Gasteiger partial charge in [0.1, 0.15) is 6.04 Å². The number of hydrogen-bond donors (Lipinski definition) is 2. The van der Waals surface area contributed by atoms with Crippen molar-refractivity contribution in [1.82, 2.24) is 10.0 Å². The number of aryl methyl sites for hydroxylation is 1. The van der Waals surface area contributed by atoms with Crippen LogP contribution in [-0.2, 0) is 24.3 Å². The molecule has 1 rings (SSSR count). The zero-order chi connectivity index (χ0) is 20.8. The molecule has 1 atom stereocenters. The molecule has 0 aliphatic heterocycles. The Morgan fingerprint density at radius 3 is 2.15 bits per heavy atom. The minimum Gasteiger partial charge on any atom is -0.454 e. The van der Waals surface area contributed by atoms with Crippen LogP contribution >= 0.6 is 0 Å². The zero-order valence-corrected chi connectivity index (χ0v) is 17.6. The molecule has 0 saturated carbocycles. The van der Waals surface area contributed by atoms with Crippen LogP contribution in [0.4, 0.5) is 0 Å². The van der Waals surface area contributed by atoms with Gasteiger partial charge in [0.25, 0.3) is 5.91 Å². The highest BCUT2D eigenvalue weighted by Crippen LogP contribution is 2.14. The van der Waals surface area contributed by atoms with E-state index in [0.717, 1.165) is 5.56 Å². The maximum Gasteiger partial charge on any atom is 0.324 e. The quantitative estimate of drug-likeness (QED) is 0.653. The van der Waals surface area contributed by atoms with E-state index in [1.54, 1.807) is 12.1 Å². The Balaban J connectivity index is 2.84. The number of ether oxygens (including phenoxy) is 1. The Labute approximate surface area is 161 Å². The Hall–Kier alpha value is -1.93. The molecule has 27 heavy (non-hydrogen) atoms. The van der Waals surface area contributed by atoms with Gasteiger partial charge in [0.05, 0.1) is 4.90 Å². The van der Waals surface area contributed by atoms with Crippen LogP contribution < -0.4 is 10.0 Å². The lowest BCUT2D eigenvalue weighted by Gasteiger charge is -2.22. The van der Waals surface area contributed by atoms with Gasteiger partial charge in [0.2, 0.25) is 10.0 Å². The number of carbonyl (C=O) groups excluding carboxylic acids is 2. The minimum atomic E-state index is -3.89. The van der Waals surface area contributed by atoms with Gasteiger partial charge in [-0.2, -0.15) is 4.72 Å². The first-order chi connectivity index (χ1) is 12.3. The molecule has 0 aliphatic rings. The fraction of sp³-hybridized carbons (Fsp3) is 0.579. The number of sulfonamides is 1. The molecule has 2 N–H and O–H groups in total. The Bertz CT molecular complexity index is 749. The summed E-state index contributed by atoms with van der Waals surface area (Å²) in [6, 6.07) is 5.25. The molecule has 1 aromatic carbocycles. The van der Waals surface area contributed by atoms with Crippen LogP contribution in [0.2, 0.25) is 0 Å². The fourth-order valence-corrected chi connectivity index (χ4v) is 3.53. The van der Waals surface area contributed by atoms with Crippen LogP contribution in [0.3, 0.4) is 0 Å². The second kappa shape index (κ2) is 9.32. The van der Waals surface area contributed by atoms with E-state index in [9.17, 15) is 18.0 Å². The van der Waals surface area contributed by atoms with Gasteiger partial charge in [-0.3, -0.25) is 9.59 Å². The van der Waals surface area contributed by atoms with Crippen molar-refractivity contribution >= 4 is 21.9 Å². The smallest absolute Gasteiger partial charge is 0.324 e. The summed E-state index contributed by atoms with van der Waals surface area (Å²) >= 11 is 0. The molecule has 0 aromatic heterocycles. The molecule has 0 heterocycles. The second-order valence-electron chi connectivity index (χ2n) is 8.02. The number of carbonyl (C=O) groups is 2. The zero-order valence-electron chi connectivity index (χ0n) is 16.8. The van der Waals surface area contributed by atoms with Gasteiger partial charge in [-0.1, -0.05) is 31.5 Å². The van der Waals surface area contributed by atoms with Crippen molar-refractivity contribution in [3.05, 3.63) is 29.8 Å². The van der Waals surface area contributed by atoms with E-state index >= 15 is 0 Å². The van der Waals surface area contributed by atoms with Crippen LogP contribution in [0.25, 0.3) is 0 Å². The molecule has 0 unspecified atom stereocenters. The van der Waals surface area contributed by atoms with Crippen molar-refractivity contribution in [1.29, 1.82) is 0 Å². The summed E-state index contributed by atoms with van der Waals surface area (Å²) < 4.78 is 32.6. The minimum absolute atomic E-state index is 0.0478. The predicted molar refractivity (Wildman–Crippen MR) is 104 cm³/mol. The fourth-order valence-electron chi connectivity index (χ4n) is 2.33. The van der Waals surface area contributed by atoms with Crippen LogP contribution in [0.1, 0.15) is 46.6 Å². The summed E-state index contributed by atoms with van der Waals surface area (Å²) in [5, 5.41) is 2.68. The van der Waals surface area contributed by atoms with E-state index < -0.39 is 40.1 Å². The lowest BCUT2D eigenvalue weighted by Crippen LogP contribution is -2.45. The standard InChI is InChI=1S/C19H30N2O5S/c1-13(2)11-16(18(23)26-12-17(22)20-19(4,5)6)21-27(24,25)15-9-7-14(3)8-10-15/h7-10,13,16,21H,11-12H2,1-6H3,(H,20,22)/t16-/m0/s1. The van der Waals surface area contributed by atoms with Crippen LogP contribution in [0, 0.1) is 12.8 Å². The van der Waals surface area contributed by atoms with Gasteiger partial charge in [0, 0.05) is 5.54 Å². The highest BCUT2D eigenvalue weighted by Gasteiger charge is 2.28. The number of amides is 1. The number of hydrogen-bond acceptors (Lipinski definition) is 5. The molecular formula is C19H30N2O5S. The SMILES string of the molecule is Cc1ccc(S(=O)(=O)N[C@@H](CC(C)C)C(=O)OCC(=O)NC(C)(C)C)cc1. The van der Waals surface area contributed by atoms with Crippen molar-refractivity contribution in [3.63, 3.8) is 0 Å². The molecular weight excluding hydrogens is 368 g/mol. The van der Waals surface area contributed by atoms with Crippen LogP contribution in [0.5, 0.6) is 0 Å². The van der Waals surface area contributed by atoms with Gasteiger partial charge >= 0.3 is 5.97 Å². The third-order valence-corrected chi connectivity index (χ3v) is 4.97. The number of esters is 1. The van der Waals surface area contributed by atoms with Gasteiger partial charge in [0.15, 0.2) is 6.61 Å². The first-order valence-corrected chi connectivity index (χ1v) is 10.3. The largest absolute Gasteiger partial charge is 0.454 e. The highest BCUT2D eigenvalue weighted by molar-refractivity contribution is 7.89. The van der Waals surface area contributed by atoms with E-state index in [0.29, 0.717) is 0 Å². The maximum atomic E-state index is 12.6. The topological polar surface area (TPSA) is 102 Å². The molecule has 1 amide bonds. The molecule has 0 fully saturated rings. The molecule has 0 radical (unpaired) electrons. The van der Waals surface area contributed by atoms with Crippen molar-refractivity contribution in [3.8, 4) is 0 Å². The Kier molecular flexibility index (Phi) is 7.98. The van der Waals surface area contributed by atoms with E-state index in [1.165, 1.54) is 12.1 Å².